The Balaban J connectivity index is 3.28. The summed E-state index contributed by atoms with van der Waals surface area (Å²) >= 11 is 1.60. The maximum atomic E-state index is 10.7. The first-order valence-corrected chi connectivity index (χ1v) is 6.88. The molecule has 5 heteroatoms. The maximum absolute atomic E-state index is 10.7. The molecule has 0 spiro atoms. The van der Waals surface area contributed by atoms with E-state index in [-0.39, 0.29) is 5.75 Å². The van der Waals surface area contributed by atoms with Crippen LogP contribution in [-0.2, 0) is 9.84 Å². The molecule has 72 valence electrons. The van der Waals surface area contributed by atoms with Crippen molar-refractivity contribution in [3.05, 3.63) is 12.2 Å². The molecular formula is C7H15NO2S2. The molecule has 0 aromatic rings. The second kappa shape index (κ2) is 6.51. The van der Waals surface area contributed by atoms with Crippen molar-refractivity contribution in [2.75, 3.05) is 30.1 Å². The van der Waals surface area contributed by atoms with Crippen LogP contribution in [0, 0.1) is 0 Å². The fourth-order valence-corrected chi connectivity index (χ4v) is 2.65. The summed E-state index contributed by atoms with van der Waals surface area (Å²) in [5.74, 6) is 1.76. The summed E-state index contributed by atoms with van der Waals surface area (Å²) in [7, 11) is -2.79. The largest absolute Gasteiger partial charge is 0.327 e. The van der Waals surface area contributed by atoms with E-state index in [1.807, 2.05) is 12.2 Å². The van der Waals surface area contributed by atoms with Crippen molar-refractivity contribution in [3.8, 4) is 0 Å². The average Bonchev–Trinajstić information content (AvgIpc) is 1.94. The molecule has 0 amide bonds. The molecular weight excluding hydrogens is 194 g/mol. The highest BCUT2D eigenvalue weighted by molar-refractivity contribution is 8.00. The third-order valence-corrected chi connectivity index (χ3v) is 3.24. The molecule has 0 saturated carbocycles. The smallest absolute Gasteiger partial charge is 0.148 e. The van der Waals surface area contributed by atoms with Gasteiger partial charge >= 0.3 is 0 Å². The highest BCUT2D eigenvalue weighted by Crippen LogP contribution is 2.01. The van der Waals surface area contributed by atoms with Crippen molar-refractivity contribution < 1.29 is 8.42 Å². The van der Waals surface area contributed by atoms with Gasteiger partial charge in [-0.3, -0.25) is 0 Å². The van der Waals surface area contributed by atoms with Crippen molar-refractivity contribution in [1.29, 1.82) is 0 Å². The lowest BCUT2D eigenvalue weighted by Gasteiger charge is -1.95. The monoisotopic (exact) mass is 209 g/mol. The molecule has 0 aliphatic heterocycles. The molecule has 2 N–H and O–H groups in total. The fourth-order valence-electron chi connectivity index (χ4n) is 0.526. The number of hydrogen-bond donors (Lipinski definition) is 1. The van der Waals surface area contributed by atoms with E-state index in [4.69, 9.17) is 5.73 Å². The Morgan fingerprint density at radius 3 is 2.58 bits per heavy atom. The summed E-state index contributed by atoms with van der Waals surface area (Å²) in [6.07, 6.45) is 5.07. The molecule has 0 aliphatic rings. The van der Waals surface area contributed by atoms with Gasteiger partial charge in [-0.2, -0.15) is 11.8 Å². The molecule has 0 bridgehead atoms. The zero-order chi connectivity index (χ0) is 9.45. The van der Waals surface area contributed by atoms with E-state index < -0.39 is 9.84 Å². The lowest BCUT2D eigenvalue weighted by Crippen LogP contribution is -2.05. The summed E-state index contributed by atoms with van der Waals surface area (Å²) in [6.45, 7) is 0.548. The van der Waals surface area contributed by atoms with Crippen LogP contribution in [0.4, 0.5) is 0 Å². The molecule has 12 heavy (non-hydrogen) atoms. The molecule has 0 aromatic carbocycles. The second-order valence-corrected chi connectivity index (χ2v) is 5.82. The molecule has 0 saturated heterocycles. The minimum absolute atomic E-state index is 0.258. The first-order valence-electron chi connectivity index (χ1n) is 3.67. The standard InChI is InChI=1S/C7H15NO2S2/c1-12(9,10)7-6-11-5-3-2-4-8/h2-3H,4-8H2,1H3. The molecule has 0 atom stereocenters. The zero-order valence-electron chi connectivity index (χ0n) is 7.19. The number of thioether (sulfide) groups is 1. The van der Waals surface area contributed by atoms with Gasteiger partial charge in [0, 0.05) is 24.3 Å². The second-order valence-electron chi connectivity index (χ2n) is 2.41. The Morgan fingerprint density at radius 2 is 2.08 bits per heavy atom. The topological polar surface area (TPSA) is 60.2 Å². The lowest BCUT2D eigenvalue weighted by molar-refractivity contribution is 0.603. The van der Waals surface area contributed by atoms with E-state index in [0.29, 0.717) is 12.3 Å². The van der Waals surface area contributed by atoms with Crippen molar-refractivity contribution in [1.82, 2.24) is 0 Å². The number of nitrogens with two attached hydrogens (primary N) is 1. The van der Waals surface area contributed by atoms with Crippen molar-refractivity contribution in [2.24, 2.45) is 5.73 Å². The van der Waals surface area contributed by atoms with Gasteiger partial charge in [0.2, 0.25) is 0 Å². The van der Waals surface area contributed by atoms with Crippen molar-refractivity contribution in [3.63, 3.8) is 0 Å². The predicted octanol–water partition coefficient (Wildman–Crippen LogP) is 0.279. The predicted molar refractivity (Wildman–Crippen MR) is 55.2 cm³/mol. The van der Waals surface area contributed by atoms with Crippen LogP contribution in [0.2, 0.25) is 0 Å². The Labute approximate surface area is 78.3 Å². The molecule has 0 aromatic heterocycles. The van der Waals surface area contributed by atoms with E-state index in [1.54, 1.807) is 11.8 Å². The number of rotatable bonds is 6. The van der Waals surface area contributed by atoms with Gasteiger partial charge in [-0.25, -0.2) is 8.42 Å². The SMILES string of the molecule is CS(=O)(=O)CCSCC=CCN. The van der Waals surface area contributed by atoms with Gasteiger partial charge in [0.1, 0.15) is 9.84 Å². The third kappa shape index (κ3) is 10.0. The van der Waals surface area contributed by atoms with Gasteiger partial charge in [-0.05, 0) is 0 Å². The van der Waals surface area contributed by atoms with Gasteiger partial charge in [-0.1, -0.05) is 12.2 Å². The van der Waals surface area contributed by atoms with Crippen LogP contribution in [0.3, 0.4) is 0 Å². The molecule has 0 rings (SSSR count). The fraction of sp³-hybridized carbons (Fsp3) is 0.714. The molecule has 3 nitrogen and oxygen atoms in total. The van der Waals surface area contributed by atoms with Crippen LogP contribution in [0.5, 0.6) is 0 Å². The van der Waals surface area contributed by atoms with E-state index in [9.17, 15) is 8.42 Å². The molecule has 0 radical (unpaired) electrons. The summed E-state index contributed by atoms with van der Waals surface area (Å²) in [4.78, 5) is 0. The van der Waals surface area contributed by atoms with E-state index in [0.717, 1.165) is 5.75 Å². The summed E-state index contributed by atoms with van der Waals surface area (Å²) in [5.41, 5.74) is 5.22. The molecule has 0 unspecified atom stereocenters. The van der Waals surface area contributed by atoms with Gasteiger partial charge in [0.05, 0.1) is 5.75 Å². The summed E-state index contributed by atoms with van der Waals surface area (Å²) < 4.78 is 21.3. The van der Waals surface area contributed by atoms with Crippen LogP contribution >= 0.6 is 11.8 Å². The Hall–Kier alpha value is -0.0000000000000000763. The number of hydrogen-bond acceptors (Lipinski definition) is 4. The van der Waals surface area contributed by atoms with Crippen LogP contribution in [0.25, 0.3) is 0 Å². The van der Waals surface area contributed by atoms with E-state index >= 15 is 0 Å². The molecule has 0 heterocycles. The van der Waals surface area contributed by atoms with E-state index in [1.165, 1.54) is 6.26 Å². The summed E-state index contributed by atoms with van der Waals surface area (Å²) in [5, 5.41) is 0. The first kappa shape index (κ1) is 12.0. The van der Waals surface area contributed by atoms with E-state index in [2.05, 4.69) is 0 Å². The Morgan fingerprint density at radius 1 is 1.42 bits per heavy atom. The molecule has 0 fully saturated rings. The highest BCUT2D eigenvalue weighted by atomic mass is 32.2. The van der Waals surface area contributed by atoms with Gasteiger partial charge in [0.15, 0.2) is 0 Å². The van der Waals surface area contributed by atoms with Crippen molar-refractivity contribution in [2.45, 2.75) is 0 Å². The van der Waals surface area contributed by atoms with Crippen LogP contribution in [-0.4, -0.2) is 38.5 Å². The third-order valence-electron chi connectivity index (χ3n) is 1.12. The van der Waals surface area contributed by atoms with Crippen LogP contribution in [0.1, 0.15) is 0 Å². The normalized spacial score (nSPS) is 12.5. The Kier molecular flexibility index (Phi) is 6.51. The quantitative estimate of drug-likeness (QED) is 0.504. The van der Waals surface area contributed by atoms with Gasteiger partial charge < -0.3 is 5.73 Å². The van der Waals surface area contributed by atoms with Crippen LogP contribution in [0.15, 0.2) is 12.2 Å². The average molecular weight is 209 g/mol. The van der Waals surface area contributed by atoms with Crippen molar-refractivity contribution >= 4 is 21.6 Å². The van der Waals surface area contributed by atoms with Crippen LogP contribution < -0.4 is 5.73 Å². The van der Waals surface area contributed by atoms with Gasteiger partial charge in [-0.15, -0.1) is 0 Å². The minimum atomic E-state index is -2.79. The zero-order valence-corrected chi connectivity index (χ0v) is 8.83. The molecule has 0 aliphatic carbocycles. The lowest BCUT2D eigenvalue weighted by atomic mass is 10.5. The number of sulfone groups is 1. The van der Waals surface area contributed by atoms with Gasteiger partial charge in [0.25, 0.3) is 0 Å². The first-order chi connectivity index (χ1) is 5.56. The maximum Gasteiger partial charge on any atom is 0.148 e. The highest BCUT2D eigenvalue weighted by Gasteiger charge is 1.99. The minimum Gasteiger partial charge on any atom is -0.327 e. The summed E-state index contributed by atoms with van der Waals surface area (Å²) in [6, 6.07) is 0. The Bertz CT molecular complexity index is 222.